The maximum absolute atomic E-state index is 13.1. The van der Waals surface area contributed by atoms with E-state index in [1.165, 1.54) is 24.3 Å². The summed E-state index contributed by atoms with van der Waals surface area (Å²) in [5.74, 6) is -1.36. The fraction of sp³-hybridized carbons (Fsp3) is 0.316. The molecule has 1 aliphatic rings. The van der Waals surface area contributed by atoms with Gasteiger partial charge in [0.1, 0.15) is 10.8 Å². The Kier molecular flexibility index (Phi) is 4.86. The predicted octanol–water partition coefficient (Wildman–Crippen LogP) is 2.85. The number of carbonyl (C=O) groups excluding carboxylic acids is 1. The Morgan fingerprint density at radius 3 is 2.27 bits per heavy atom. The average Bonchev–Trinajstić information content (AvgIpc) is 3.25. The molecule has 3 rings (SSSR count). The van der Waals surface area contributed by atoms with Crippen LogP contribution in [0.1, 0.15) is 24.0 Å². The van der Waals surface area contributed by atoms with Crippen LogP contribution in [0.5, 0.6) is 0 Å². The molecule has 0 unspecified atom stereocenters. The van der Waals surface area contributed by atoms with Crippen molar-refractivity contribution in [2.24, 2.45) is 5.73 Å². The number of hydrogen-bond donors (Lipinski definition) is 1. The summed E-state index contributed by atoms with van der Waals surface area (Å²) in [7, 11) is -3.85. The lowest BCUT2D eigenvalue weighted by molar-refractivity contribution is -0.145. The highest BCUT2D eigenvalue weighted by Crippen LogP contribution is 2.56. The summed E-state index contributed by atoms with van der Waals surface area (Å²) < 4.78 is 31.4. The molecule has 5 nitrogen and oxygen atoms in total. The van der Waals surface area contributed by atoms with E-state index in [1.807, 2.05) is 19.1 Å². The van der Waals surface area contributed by atoms with Crippen LogP contribution < -0.4 is 5.73 Å². The number of nitrogens with two attached hydrogens (primary N) is 1. The molecule has 0 saturated heterocycles. The van der Waals surface area contributed by atoms with Gasteiger partial charge in [-0.2, -0.15) is 0 Å². The lowest BCUT2D eigenvalue weighted by atomic mass is 10.1. The van der Waals surface area contributed by atoms with Crippen LogP contribution in [0, 0.1) is 6.92 Å². The molecular weight excluding hydrogens is 374 g/mol. The van der Waals surface area contributed by atoms with Crippen LogP contribution in [-0.4, -0.2) is 31.8 Å². The normalized spacial score (nSPS) is 24.9. The highest BCUT2D eigenvalue weighted by molar-refractivity contribution is 7.92. The van der Waals surface area contributed by atoms with Gasteiger partial charge in [-0.15, -0.1) is 0 Å². The van der Waals surface area contributed by atoms with Gasteiger partial charge in [0.05, 0.1) is 11.5 Å². The molecule has 3 atom stereocenters. The van der Waals surface area contributed by atoms with Gasteiger partial charge >= 0.3 is 5.97 Å². The molecule has 0 spiro atoms. The highest BCUT2D eigenvalue weighted by atomic mass is 35.5. The van der Waals surface area contributed by atoms with E-state index in [-0.39, 0.29) is 11.5 Å². The van der Waals surface area contributed by atoms with Crippen molar-refractivity contribution >= 4 is 27.4 Å². The molecule has 2 aromatic rings. The zero-order chi connectivity index (χ0) is 19.1. The van der Waals surface area contributed by atoms with Crippen LogP contribution >= 0.6 is 11.6 Å². The second-order valence-electron chi connectivity index (χ2n) is 6.46. The van der Waals surface area contributed by atoms with E-state index < -0.39 is 32.5 Å². The predicted molar refractivity (Wildman–Crippen MR) is 99.9 cm³/mol. The molecule has 0 amide bonds. The summed E-state index contributed by atoms with van der Waals surface area (Å²) in [5, 5.41) is -0.655. The van der Waals surface area contributed by atoms with Crippen LogP contribution in [0.25, 0.3) is 0 Å². The van der Waals surface area contributed by atoms with Gasteiger partial charge in [0, 0.05) is 10.9 Å². The second-order valence-corrected chi connectivity index (χ2v) is 8.97. The van der Waals surface area contributed by atoms with E-state index >= 15 is 0 Å². The molecular formula is C19H20ClNO4S. The molecule has 0 heterocycles. The Hall–Kier alpha value is -1.89. The third kappa shape index (κ3) is 3.02. The topological polar surface area (TPSA) is 86.5 Å². The minimum Gasteiger partial charge on any atom is -0.465 e. The molecule has 138 valence electrons. The van der Waals surface area contributed by atoms with Crippen molar-refractivity contribution in [3.8, 4) is 0 Å². The SMILES string of the molecule is CCOC(=O)[C@]1(N)[C@H](c2ccc(C)cc2)[C@@H]1S(=O)(=O)c1ccc(Cl)cc1. The lowest BCUT2D eigenvalue weighted by Gasteiger charge is -2.11. The van der Waals surface area contributed by atoms with Gasteiger partial charge in [-0.25, -0.2) is 13.2 Å². The summed E-state index contributed by atoms with van der Waals surface area (Å²) >= 11 is 5.85. The van der Waals surface area contributed by atoms with E-state index in [4.69, 9.17) is 22.1 Å². The number of halogens is 1. The summed E-state index contributed by atoms with van der Waals surface area (Å²) in [6.45, 7) is 3.72. The van der Waals surface area contributed by atoms with Crippen molar-refractivity contribution < 1.29 is 17.9 Å². The summed E-state index contributed by atoms with van der Waals surface area (Å²) in [5.41, 5.74) is 6.44. The number of aryl methyl sites for hydroxylation is 1. The molecule has 0 bridgehead atoms. The summed E-state index contributed by atoms with van der Waals surface area (Å²) in [6, 6.07) is 13.2. The first-order chi connectivity index (χ1) is 12.2. The lowest BCUT2D eigenvalue weighted by Crippen LogP contribution is -2.41. The van der Waals surface area contributed by atoms with Gasteiger partial charge in [0.15, 0.2) is 9.84 Å². The number of sulfone groups is 1. The highest BCUT2D eigenvalue weighted by Gasteiger charge is 2.74. The zero-order valence-corrected chi connectivity index (χ0v) is 16.0. The molecule has 26 heavy (non-hydrogen) atoms. The Labute approximate surface area is 158 Å². The third-order valence-corrected chi connectivity index (χ3v) is 7.23. The maximum Gasteiger partial charge on any atom is 0.328 e. The zero-order valence-electron chi connectivity index (χ0n) is 14.5. The Bertz CT molecular complexity index is 925. The standard InChI is InChI=1S/C19H20ClNO4S/c1-3-25-18(22)19(21)16(13-6-4-12(2)5-7-13)17(19)26(23,24)15-10-8-14(20)9-11-15/h4-11,16-17H,3,21H2,1-2H3/t16-,17+,19+/m1/s1. The molecule has 1 aliphatic carbocycles. The largest absolute Gasteiger partial charge is 0.465 e. The first kappa shape index (κ1) is 18.9. The smallest absolute Gasteiger partial charge is 0.328 e. The van der Waals surface area contributed by atoms with Crippen LogP contribution in [0.3, 0.4) is 0 Å². The van der Waals surface area contributed by atoms with E-state index in [2.05, 4.69) is 0 Å². The van der Waals surface area contributed by atoms with Crippen molar-refractivity contribution in [2.45, 2.75) is 35.4 Å². The van der Waals surface area contributed by atoms with E-state index in [1.54, 1.807) is 19.1 Å². The molecule has 0 aromatic heterocycles. The van der Waals surface area contributed by atoms with Crippen molar-refractivity contribution in [1.82, 2.24) is 0 Å². The Morgan fingerprint density at radius 2 is 1.73 bits per heavy atom. The van der Waals surface area contributed by atoms with E-state index in [9.17, 15) is 13.2 Å². The van der Waals surface area contributed by atoms with Crippen molar-refractivity contribution in [2.75, 3.05) is 6.61 Å². The Morgan fingerprint density at radius 1 is 1.15 bits per heavy atom. The maximum atomic E-state index is 13.1. The molecule has 2 N–H and O–H groups in total. The van der Waals surface area contributed by atoms with Crippen LogP contribution in [0.4, 0.5) is 0 Å². The number of benzene rings is 2. The second kappa shape index (κ2) is 6.68. The summed E-state index contributed by atoms with van der Waals surface area (Å²) in [4.78, 5) is 12.6. The molecule has 0 radical (unpaired) electrons. The number of rotatable bonds is 5. The van der Waals surface area contributed by atoms with Gasteiger partial charge in [0.2, 0.25) is 0 Å². The quantitative estimate of drug-likeness (QED) is 0.789. The summed E-state index contributed by atoms with van der Waals surface area (Å²) in [6.07, 6.45) is 0. The minimum absolute atomic E-state index is 0.0839. The monoisotopic (exact) mass is 393 g/mol. The average molecular weight is 394 g/mol. The van der Waals surface area contributed by atoms with Gasteiger partial charge in [-0.3, -0.25) is 0 Å². The van der Waals surface area contributed by atoms with Crippen LogP contribution in [0.2, 0.25) is 5.02 Å². The first-order valence-corrected chi connectivity index (χ1v) is 10.2. The van der Waals surface area contributed by atoms with Gasteiger partial charge in [-0.1, -0.05) is 41.4 Å². The van der Waals surface area contributed by atoms with Gasteiger partial charge in [0.25, 0.3) is 0 Å². The fourth-order valence-electron chi connectivity index (χ4n) is 3.30. The number of esters is 1. The number of ether oxygens (including phenoxy) is 1. The molecule has 1 saturated carbocycles. The van der Waals surface area contributed by atoms with Crippen molar-refractivity contribution in [1.29, 1.82) is 0 Å². The van der Waals surface area contributed by atoms with E-state index in [0.29, 0.717) is 10.6 Å². The van der Waals surface area contributed by atoms with Gasteiger partial charge < -0.3 is 10.5 Å². The van der Waals surface area contributed by atoms with Gasteiger partial charge in [-0.05, 0) is 43.7 Å². The third-order valence-electron chi connectivity index (χ3n) is 4.72. The number of carbonyl (C=O) groups is 1. The number of hydrogen-bond acceptors (Lipinski definition) is 5. The van der Waals surface area contributed by atoms with Crippen molar-refractivity contribution in [3.63, 3.8) is 0 Å². The molecule has 0 aliphatic heterocycles. The molecule has 1 fully saturated rings. The van der Waals surface area contributed by atoms with Crippen LogP contribution in [-0.2, 0) is 19.4 Å². The minimum atomic E-state index is -3.85. The fourth-order valence-corrected chi connectivity index (χ4v) is 5.66. The van der Waals surface area contributed by atoms with Crippen molar-refractivity contribution in [3.05, 3.63) is 64.7 Å². The Balaban J connectivity index is 2.06. The van der Waals surface area contributed by atoms with Crippen LogP contribution in [0.15, 0.2) is 53.4 Å². The first-order valence-electron chi connectivity index (χ1n) is 8.25. The molecule has 2 aromatic carbocycles. The molecule has 7 heteroatoms. The van der Waals surface area contributed by atoms with E-state index in [0.717, 1.165) is 5.56 Å².